The molecule has 0 fully saturated rings. The van der Waals surface area contributed by atoms with Crippen molar-refractivity contribution in [2.75, 3.05) is 0 Å². The average Bonchev–Trinajstić information content (AvgIpc) is 2.26. The third kappa shape index (κ3) is 3.04. The van der Waals surface area contributed by atoms with E-state index in [0.29, 0.717) is 12.0 Å². The summed E-state index contributed by atoms with van der Waals surface area (Å²) in [6, 6.07) is 11.5. The van der Waals surface area contributed by atoms with Gasteiger partial charge in [-0.3, -0.25) is 0 Å². The summed E-state index contributed by atoms with van der Waals surface area (Å²) in [6.45, 7) is 1.73. The van der Waals surface area contributed by atoms with Crippen LogP contribution in [0.3, 0.4) is 0 Å². The molecule has 0 heterocycles. The standard InChI is InChI=1S/C12H13NO/c1-10(9-13)7-8-12(14)11-5-3-2-4-6-11/h2-7,12,14H,8H2,1H3/b10-7+/t12-/m1/s1. The second-order valence-corrected chi connectivity index (χ2v) is 3.16. The van der Waals surface area contributed by atoms with Crippen molar-refractivity contribution in [1.29, 1.82) is 5.26 Å². The van der Waals surface area contributed by atoms with Gasteiger partial charge in [0.25, 0.3) is 0 Å². The van der Waals surface area contributed by atoms with Crippen molar-refractivity contribution in [2.45, 2.75) is 19.4 Å². The lowest BCUT2D eigenvalue weighted by atomic mass is 10.1. The van der Waals surface area contributed by atoms with Crippen LogP contribution in [0.25, 0.3) is 0 Å². The molecule has 0 bridgehead atoms. The fourth-order valence-corrected chi connectivity index (χ4v) is 1.15. The van der Waals surface area contributed by atoms with Gasteiger partial charge >= 0.3 is 0 Å². The van der Waals surface area contributed by atoms with Crippen molar-refractivity contribution >= 4 is 0 Å². The molecule has 0 amide bonds. The zero-order valence-electron chi connectivity index (χ0n) is 8.14. The molecule has 0 unspecified atom stereocenters. The maximum Gasteiger partial charge on any atom is 0.0940 e. The fourth-order valence-electron chi connectivity index (χ4n) is 1.15. The minimum absolute atomic E-state index is 0.489. The number of hydrogen-bond donors (Lipinski definition) is 1. The summed E-state index contributed by atoms with van der Waals surface area (Å²) >= 11 is 0. The minimum Gasteiger partial charge on any atom is -0.388 e. The van der Waals surface area contributed by atoms with E-state index in [9.17, 15) is 5.11 Å². The van der Waals surface area contributed by atoms with Gasteiger partial charge in [0.2, 0.25) is 0 Å². The topological polar surface area (TPSA) is 44.0 Å². The number of hydrogen-bond acceptors (Lipinski definition) is 2. The Morgan fingerprint density at radius 1 is 1.50 bits per heavy atom. The predicted octanol–water partition coefficient (Wildman–Crippen LogP) is 2.58. The molecule has 1 atom stereocenters. The Labute approximate surface area is 84.1 Å². The number of nitrogens with zero attached hydrogens (tertiary/aromatic N) is 1. The number of aliphatic hydroxyl groups is 1. The van der Waals surface area contributed by atoms with Crippen molar-refractivity contribution in [3.05, 3.63) is 47.5 Å². The van der Waals surface area contributed by atoms with E-state index in [1.165, 1.54) is 0 Å². The molecule has 72 valence electrons. The molecule has 0 aliphatic rings. The van der Waals surface area contributed by atoms with E-state index in [-0.39, 0.29) is 0 Å². The van der Waals surface area contributed by atoms with Gasteiger partial charge in [0.1, 0.15) is 0 Å². The highest BCUT2D eigenvalue weighted by atomic mass is 16.3. The molecule has 1 N–H and O–H groups in total. The van der Waals surface area contributed by atoms with Crippen LogP contribution in [0.1, 0.15) is 25.0 Å². The lowest BCUT2D eigenvalue weighted by molar-refractivity contribution is 0.181. The van der Waals surface area contributed by atoms with Crippen LogP contribution in [0, 0.1) is 11.3 Å². The van der Waals surface area contributed by atoms with Crippen molar-refractivity contribution in [3.63, 3.8) is 0 Å². The highest BCUT2D eigenvalue weighted by Gasteiger charge is 2.03. The van der Waals surface area contributed by atoms with E-state index in [0.717, 1.165) is 5.56 Å². The third-order valence-corrected chi connectivity index (χ3v) is 2.01. The molecular formula is C12H13NO. The van der Waals surface area contributed by atoms with Gasteiger partial charge in [-0.05, 0) is 18.9 Å². The van der Waals surface area contributed by atoms with E-state index < -0.39 is 6.10 Å². The van der Waals surface area contributed by atoms with E-state index in [2.05, 4.69) is 0 Å². The van der Waals surface area contributed by atoms with Crippen LogP contribution >= 0.6 is 0 Å². The number of aliphatic hydroxyl groups excluding tert-OH is 1. The van der Waals surface area contributed by atoms with E-state index in [4.69, 9.17) is 5.26 Å². The normalized spacial score (nSPS) is 13.4. The molecule has 14 heavy (non-hydrogen) atoms. The third-order valence-electron chi connectivity index (χ3n) is 2.01. The zero-order chi connectivity index (χ0) is 10.4. The summed E-state index contributed by atoms with van der Waals surface area (Å²) < 4.78 is 0. The molecule has 0 aliphatic heterocycles. The van der Waals surface area contributed by atoms with E-state index in [1.54, 1.807) is 13.0 Å². The molecule has 0 saturated carbocycles. The van der Waals surface area contributed by atoms with Gasteiger partial charge < -0.3 is 5.11 Å². The summed E-state index contributed by atoms with van der Waals surface area (Å²) in [4.78, 5) is 0. The second-order valence-electron chi connectivity index (χ2n) is 3.16. The van der Waals surface area contributed by atoms with Crippen molar-refractivity contribution in [1.82, 2.24) is 0 Å². The zero-order valence-corrected chi connectivity index (χ0v) is 8.14. The molecule has 1 aromatic carbocycles. The van der Waals surface area contributed by atoms with Gasteiger partial charge in [0.05, 0.1) is 12.2 Å². The minimum atomic E-state index is -0.514. The highest BCUT2D eigenvalue weighted by molar-refractivity contribution is 5.21. The van der Waals surface area contributed by atoms with Gasteiger partial charge in [-0.15, -0.1) is 0 Å². The first kappa shape index (κ1) is 10.5. The molecule has 0 radical (unpaired) electrons. The maximum atomic E-state index is 9.71. The van der Waals surface area contributed by atoms with Crippen LogP contribution in [0.4, 0.5) is 0 Å². The fraction of sp³-hybridized carbons (Fsp3) is 0.250. The Morgan fingerprint density at radius 2 is 2.14 bits per heavy atom. The monoisotopic (exact) mass is 187 g/mol. The Kier molecular flexibility index (Phi) is 3.90. The Balaban J connectivity index is 2.61. The maximum absolute atomic E-state index is 9.71. The van der Waals surface area contributed by atoms with Crippen molar-refractivity contribution in [2.24, 2.45) is 0 Å². The van der Waals surface area contributed by atoms with Gasteiger partial charge in [0.15, 0.2) is 0 Å². The molecule has 0 saturated heterocycles. The molecule has 0 aliphatic carbocycles. The first-order valence-electron chi connectivity index (χ1n) is 4.54. The summed E-state index contributed by atoms with van der Waals surface area (Å²) in [5.74, 6) is 0. The first-order valence-corrected chi connectivity index (χ1v) is 4.54. The van der Waals surface area contributed by atoms with Crippen molar-refractivity contribution in [3.8, 4) is 6.07 Å². The molecule has 1 aromatic rings. The lowest BCUT2D eigenvalue weighted by Crippen LogP contribution is -1.94. The highest BCUT2D eigenvalue weighted by Crippen LogP contribution is 2.16. The number of nitriles is 1. The number of allylic oxidation sites excluding steroid dienone is 1. The molecular weight excluding hydrogens is 174 g/mol. The lowest BCUT2D eigenvalue weighted by Gasteiger charge is -2.07. The van der Waals surface area contributed by atoms with Crippen LogP contribution in [-0.4, -0.2) is 5.11 Å². The van der Waals surface area contributed by atoms with E-state index >= 15 is 0 Å². The summed E-state index contributed by atoms with van der Waals surface area (Å²) in [5, 5.41) is 18.2. The second kappa shape index (κ2) is 5.21. The quantitative estimate of drug-likeness (QED) is 0.739. The largest absolute Gasteiger partial charge is 0.388 e. The van der Waals surface area contributed by atoms with Gasteiger partial charge in [-0.1, -0.05) is 36.4 Å². The Morgan fingerprint density at radius 3 is 2.71 bits per heavy atom. The van der Waals surface area contributed by atoms with E-state index in [1.807, 2.05) is 36.4 Å². The van der Waals surface area contributed by atoms with Crippen LogP contribution in [-0.2, 0) is 0 Å². The molecule has 2 nitrogen and oxygen atoms in total. The molecule has 0 spiro atoms. The first-order chi connectivity index (χ1) is 6.74. The van der Waals surface area contributed by atoms with Crippen LogP contribution < -0.4 is 0 Å². The Bertz CT molecular complexity index is 348. The van der Waals surface area contributed by atoms with Gasteiger partial charge in [0, 0.05) is 5.57 Å². The van der Waals surface area contributed by atoms with Gasteiger partial charge in [-0.25, -0.2) is 0 Å². The van der Waals surface area contributed by atoms with Crippen LogP contribution in [0.15, 0.2) is 42.0 Å². The SMILES string of the molecule is C/C(C#N)=C\C[C@@H](O)c1ccccc1. The average molecular weight is 187 g/mol. The molecule has 2 heteroatoms. The number of benzene rings is 1. The summed E-state index contributed by atoms with van der Waals surface area (Å²) in [6.07, 6.45) is 1.72. The molecule has 0 aromatic heterocycles. The van der Waals surface area contributed by atoms with Crippen molar-refractivity contribution < 1.29 is 5.11 Å². The Hall–Kier alpha value is -1.59. The number of rotatable bonds is 3. The van der Waals surface area contributed by atoms with Crippen LogP contribution in [0.2, 0.25) is 0 Å². The molecule has 1 rings (SSSR count). The summed E-state index contributed by atoms with van der Waals surface area (Å²) in [7, 11) is 0. The van der Waals surface area contributed by atoms with Gasteiger partial charge in [-0.2, -0.15) is 5.26 Å². The summed E-state index contributed by atoms with van der Waals surface area (Å²) in [5.41, 5.74) is 1.52. The predicted molar refractivity (Wildman–Crippen MR) is 55.4 cm³/mol. The van der Waals surface area contributed by atoms with Crippen LogP contribution in [0.5, 0.6) is 0 Å². The smallest absolute Gasteiger partial charge is 0.0940 e.